The summed E-state index contributed by atoms with van der Waals surface area (Å²) in [4.78, 5) is 11.7. The average molecular weight is 409 g/mol. The largest absolute Gasteiger partial charge is 0.462 e. The molecule has 0 aromatic carbocycles. The molecule has 0 saturated heterocycles. The first-order valence-electron chi connectivity index (χ1n) is 13.1. The van der Waals surface area contributed by atoms with Crippen molar-refractivity contribution in [2.75, 3.05) is 6.61 Å². The van der Waals surface area contributed by atoms with E-state index in [0.29, 0.717) is 12.2 Å². The van der Waals surface area contributed by atoms with Crippen LogP contribution < -0.4 is 0 Å². The maximum atomic E-state index is 11.7. The summed E-state index contributed by atoms with van der Waals surface area (Å²) in [5, 5.41) is 0. The van der Waals surface area contributed by atoms with Crippen LogP contribution >= 0.6 is 0 Å². The standard InChI is InChI=1S/C27H52O2/c1-4-6-8-9-10-11-12-13-14-15-16-17-18-19-20-21-22-23-25-29-27(28)26(3)24-7-5-2/h3-25H2,1-2H3. The van der Waals surface area contributed by atoms with Crippen molar-refractivity contribution >= 4 is 5.97 Å². The summed E-state index contributed by atoms with van der Waals surface area (Å²) in [6, 6.07) is 0. The zero-order valence-corrected chi connectivity index (χ0v) is 20.1. The number of unbranched alkanes of at least 4 members (excludes halogenated alkanes) is 18. The van der Waals surface area contributed by atoms with Crippen molar-refractivity contribution in [2.24, 2.45) is 0 Å². The van der Waals surface area contributed by atoms with Gasteiger partial charge in [0.15, 0.2) is 0 Å². The monoisotopic (exact) mass is 408 g/mol. The van der Waals surface area contributed by atoms with Crippen LogP contribution in [0.1, 0.15) is 149 Å². The number of hydrogen-bond acceptors (Lipinski definition) is 2. The maximum Gasteiger partial charge on any atom is 0.333 e. The van der Waals surface area contributed by atoms with Crippen LogP contribution in [0, 0.1) is 0 Å². The highest BCUT2D eigenvalue weighted by molar-refractivity contribution is 5.87. The highest BCUT2D eigenvalue weighted by Crippen LogP contribution is 2.14. The molecule has 2 nitrogen and oxygen atoms in total. The number of rotatable bonds is 23. The van der Waals surface area contributed by atoms with Gasteiger partial charge in [-0.3, -0.25) is 0 Å². The predicted octanol–water partition coefficient (Wildman–Crippen LogP) is 9.32. The van der Waals surface area contributed by atoms with E-state index < -0.39 is 0 Å². The Bertz CT molecular complexity index is 362. The van der Waals surface area contributed by atoms with Crippen LogP contribution in [0.2, 0.25) is 0 Å². The first-order valence-corrected chi connectivity index (χ1v) is 13.1. The highest BCUT2D eigenvalue weighted by Gasteiger charge is 2.07. The van der Waals surface area contributed by atoms with E-state index in [0.717, 1.165) is 25.7 Å². The molecule has 0 saturated carbocycles. The summed E-state index contributed by atoms with van der Waals surface area (Å²) in [5.74, 6) is -0.189. The minimum atomic E-state index is -0.189. The third kappa shape index (κ3) is 21.7. The molecule has 0 aromatic heterocycles. The topological polar surface area (TPSA) is 26.3 Å². The molecule has 0 radical (unpaired) electrons. The van der Waals surface area contributed by atoms with Crippen LogP contribution in [0.25, 0.3) is 0 Å². The van der Waals surface area contributed by atoms with Crippen LogP contribution in [0.3, 0.4) is 0 Å². The molecular weight excluding hydrogens is 356 g/mol. The van der Waals surface area contributed by atoms with Gasteiger partial charge in [0.1, 0.15) is 0 Å². The van der Waals surface area contributed by atoms with Gasteiger partial charge in [-0.05, 0) is 19.3 Å². The second-order valence-electron chi connectivity index (χ2n) is 8.85. The van der Waals surface area contributed by atoms with E-state index in [1.165, 1.54) is 109 Å². The van der Waals surface area contributed by atoms with Crippen LogP contribution in [0.15, 0.2) is 12.2 Å². The highest BCUT2D eigenvalue weighted by atomic mass is 16.5. The normalized spacial score (nSPS) is 11.0. The number of hydrogen-bond donors (Lipinski definition) is 0. The second kappa shape index (κ2) is 23.5. The molecule has 0 N–H and O–H groups in total. The Morgan fingerprint density at radius 1 is 0.552 bits per heavy atom. The molecule has 0 aliphatic heterocycles. The third-order valence-electron chi connectivity index (χ3n) is 5.85. The molecule has 0 aromatic rings. The Morgan fingerprint density at radius 2 is 0.897 bits per heavy atom. The summed E-state index contributed by atoms with van der Waals surface area (Å²) in [7, 11) is 0. The second-order valence-corrected chi connectivity index (χ2v) is 8.85. The van der Waals surface area contributed by atoms with Crippen LogP contribution in [-0.2, 0) is 9.53 Å². The molecule has 0 aliphatic carbocycles. The molecule has 0 aliphatic rings. The van der Waals surface area contributed by atoms with Gasteiger partial charge in [0.25, 0.3) is 0 Å². The van der Waals surface area contributed by atoms with Crippen LogP contribution in [0.5, 0.6) is 0 Å². The van der Waals surface area contributed by atoms with Gasteiger partial charge in [0.2, 0.25) is 0 Å². The Morgan fingerprint density at radius 3 is 1.28 bits per heavy atom. The molecule has 0 rings (SSSR count). The molecule has 0 atom stereocenters. The van der Waals surface area contributed by atoms with E-state index in [1.54, 1.807) is 0 Å². The van der Waals surface area contributed by atoms with Crippen LogP contribution in [-0.4, -0.2) is 12.6 Å². The summed E-state index contributed by atoms with van der Waals surface area (Å²) in [6.45, 7) is 8.79. The van der Waals surface area contributed by atoms with Gasteiger partial charge in [-0.2, -0.15) is 0 Å². The smallest absolute Gasteiger partial charge is 0.333 e. The minimum Gasteiger partial charge on any atom is -0.462 e. The van der Waals surface area contributed by atoms with Gasteiger partial charge in [0, 0.05) is 5.57 Å². The molecule has 0 amide bonds. The average Bonchev–Trinajstić information content (AvgIpc) is 2.73. The Labute approximate surface area is 183 Å². The maximum absolute atomic E-state index is 11.7. The van der Waals surface area contributed by atoms with E-state index in [4.69, 9.17) is 4.74 Å². The van der Waals surface area contributed by atoms with E-state index in [1.807, 2.05) is 0 Å². The Hall–Kier alpha value is -0.790. The number of carbonyl (C=O) groups is 1. The van der Waals surface area contributed by atoms with Gasteiger partial charge >= 0.3 is 5.97 Å². The molecule has 0 fully saturated rings. The molecule has 172 valence electrons. The van der Waals surface area contributed by atoms with Gasteiger partial charge < -0.3 is 4.74 Å². The quantitative estimate of drug-likeness (QED) is 0.0956. The Balaban J connectivity index is 3.15. The molecule has 2 heteroatoms. The van der Waals surface area contributed by atoms with E-state index in [2.05, 4.69) is 20.4 Å². The SMILES string of the molecule is C=C(CCCC)C(=O)OCCCCCCCCCCCCCCCCCCCC. The summed E-state index contributed by atoms with van der Waals surface area (Å²) in [5.41, 5.74) is 0.634. The third-order valence-corrected chi connectivity index (χ3v) is 5.85. The molecular formula is C27H52O2. The van der Waals surface area contributed by atoms with Crippen molar-refractivity contribution in [3.8, 4) is 0 Å². The van der Waals surface area contributed by atoms with Crippen LogP contribution in [0.4, 0.5) is 0 Å². The molecule has 0 heterocycles. The minimum absolute atomic E-state index is 0.189. The van der Waals surface area contributed by atoms with E-state index in [-0.39, 0.29) is 5.97 Å². The van der Waals surface area contributed by atoms with Gasteiger partial charge in [0.05, 0.1) is 6.61 Å². The summed E-state index contributed by atoms with van der Waals surface area (Å²) in [6.07, 6.45) is 27.6. The lowest BCUT2D eigenvalue weighted by molar-refractivity contribution is -0.139. The first kappa shape index (κ1) is 28.2. The summed E-state index contributed by atoms with van der Waals surface area (Å²) >= 11 is 0. The molecule has 0 spiro atoms. The van der Waals surface area contributed by atoms with Gasteiger partial charge in [-0.15, -0.1) is 0 Å². The van der Waals surface area contributed by atoms with Crippen molar-refractivity contribution in [1.82, 2.24) is 0 Å². The lowest BCUT2D eigenvalue weighted by Crippen LogP contribution is -2.08. The van der Waals surface area contributed by atoms with Crippen molar-refractivity contribution < 1.29 is 9.53 Å². The van der Waals surface area contributed by atoms with E-state index in [9.17, 15) is 4.79 Å². The van der Waals surface area contributed by atoms with Crippen molar-refractivity contribution in [3.05, 3.63) is 12.2 Å². The summed E-state index contributed by atoms with van der Waals surface area (Å²) < 4.78 is 5.29. The lowest BCUT2D eigenvalue weighted by atomic mass is 10.0. The van der Waals surface area contributed by atoms with Gasteiger partial charge in [-0.1, -0.05) is 136 Å². The fourth-order valence-electron chi connectivity index (χ4n) is 3.76. The fourth-order valence-corrected chi connectivity index (χ4v) is 3.76. The Kier molecular flexibility index (Phi) is 22.8. The first-order chi connectivity index (χ1) is 14.2. The molecule has 0 bridgehead atoms. The van der Waals surface area contributed by atoms with E-state index >= 15 is 0 Å². The molecule has 29 heavy (non-hydrogen) atoms. The fraction of sp³-hybridized carbons (Fsp3) is 0.889. The zero-order chi connectivity index (χ0) is 21.4. The van der Waals surface area contributed by atoms with Crippen molar-refractivity contribution in [2.45, 2.75) is 149 Å². The zero-order valence-electron chi connectivity index (χ0n) is 20.1. The van der Waals surface area contributed by atoms with Crippen molar-refractivity contribution in [1.29, 1.82) is 0 Å². The lowest BCUT2D eigenvalue weighted by Gasteiger charge is -2.07. The number of carbonyl (C=O) groups excluding carboxylic acids is 1. The molecule has 0 unspecified atom stereocenters. The predicted molar refractivity (Wildman–Crippen MR) is 128 cm³/mol. The van der Waals surface area contributed by atoms with Crippen molar-refractivity contribution in [3.63, 3.8) is 0 Å². The van der Waals surface area contributed by atoms with Gasteiger partial charge in [-0.25, -0.2) is 4.79 Å². The number of esters is 1. The number of ether oxygens (including phenoxy) is 1.